The Morgan fingerprint density at radius 1 is 1.22 bits per heavy atom. The quantitative estimate of drug-likeness (QED) is 0.548. The lowest BCUT2D eigenvalue weighted by molar-refractivity contribution is -0.384. The molecule has 10 heteroatoms. The van der Waals surface area contributed by atoms with Gasteiger partial charge < -0.3 is 10.1 Å². The second kappa shape index (κ2) is 8.14. The Morgan fingerprint density at radius 3 is 2.56 bits per heavy atom. The van der Waals surface area contributed by atoms with Crippen molar-refractivity contribution < 1.29 is 22.9 Å². The average molecular weight is 393 g/mol. The Morgan fingerprint density at radius 2 is 1.93 bits per heavy atom. The van der Waals surface area contributed by atoms with Gasteiger partial charge in [0, 0.05) is 17.8 Å². The van der Waals surface area contributed by atoms with Gasteiger partial charge in [0.1, 0.15) is 10.6 Å². The number of nitrogens with one attached hydrogen (secondary N) is 2. The Balaban J connectivity index is 2.17. The number of carbonyl (C=O) groups is 1. The minimum absolute atomic E-state index is 0.0833. The molecule has 0 aromatic heterocycles. The number of anilines is 1. The summed E-state index contributed by atoms with van der Waals surface area (Å²) in [6.07, 6.45) is 0. The number of aryl methyl sites for hydroxylation is 1. The fourth-order valence-corrected chi connectivity index (χ4v) is 3.75. The van der Waals surface area contributed by atoms with Gasteiger partial charge in [0.15, 0.2) is 0 Å². The highest BCUT2D eigenvalue weighted by Crippen LogP contribution is 2.25. The number of sulfonamides is 1. The zero-order valence-corrected chi connectivity index (χ0v) is 15.7. The fraction of sp³-hybridized carbons (Fsp3) is 0.235. The van der Waals surface area contributed by atoms with Crippen LogP contribution in [0.1, 0.15) is 12.5 Å². The number of non-ortho nitro benzene ring substituents is 1. The van der Waals surface area contributed by atoms with Gasteiger partial charge in [-0.15, -0.1) is 0 Å². The van der Waals surface area contributed by atoms with Gasteiger partial charge in [-0.3, -0.25) is 14.9 Å². The van der Waals surface area contributed by atoms with Crippen molar-refractivity contribution >= 4 is 27.3 Å². The summed E-state index contributed by atoms with van der Waals surface area (Å²) >= 11 is 0. The van der Waals surface area contributed by atoms with Crippen LogP contribution in [0.4, 0.5) is 11.4 Å². The van der Waals surface area contributed by atoms with E-state index in [0.29, 0.717) is 5.56 Å². The molecule has 144 valence electrons. The van der Waals surface area contributed by atoms with E-state index in [-0.39, 0.29) is 22.0 Å². The third kappa shape index (κ3) is 5.02. The van der Waals surface area contributed by atoms with E-state index in [1.807, 2.05) is 0 Å². The van der Waals surface area contributed by atoms with Crippen LogP contribution in [0.25, 0.3) is 0 Å². The second-order valence-corrected chi connectivity index (χ2v) is 7.48. The summed E-state index contributed by atoms with van der Waals surface area (Å²) in [4.78, 5) is 22.4. The highest BCUT2D eigenvalue weighted by Gasteiger charge is 2.25. The van der Waals surface area contributed by atoms with Crippen LogP contribution in [0.15, 0.2) is 47.4 Å². The molecule has 0 radical (unpaired) electrons. The molecule has 0 aliphatic carbocycles. The molecule has 0 heterocycles. The second-order valence-electron chi connectivity index (χ2n) is 5.79. The van der Waals surface area contributed by atoms with Crippen molar-refractivity contribution in [3.05, 3.63) is 58.1 Å². The molecule has 0 aliphatic rings. The van der Waals surface area contributed by atoms with Gasteiger partial charge in [-0.05, 0) is 37.6 Å². The molecule has 2 aromatic carbocycles. The third-order valence-corrected chi connectivity index (χ3v) is 5.22. The number of nitro groups is 1. The van der Waals surface area contributed by atoms with Gasteiger partial charge in [0.05, 0.1) is 18.1 Å². The van der Waals surface area contributed by atoms with Crippen LogP contribution in [-0.2, 0) is 14.8 Å². The van der Waals surface area contributed by atoms with Gasteiger partial charge in [0.25, 0.3) is 5.69 Å². The summed E-state index contributed by atoms with van der Waals surface area (Å²) < 4.78 is 32.6. The van der Waals surface area contributed by atoms with Crippen LogP contribution < -0.4 is 14.8 Å². The molecule has 27 heavy (non-hydrogen) atoms. The lowest BCUT2D eigenvalue weighted by atomic mass is 10.2. The SMILES string of the molecule is COc1ccc(C)cc1S(=O)(=O)NC(C)C(=O)Nc1cccc([N+](=O)[O-])c1. The van der Waals surface area contributed by atoms with Crippen molar-refractivity contribution in [1.82, 2.24) is 4.72 Å². The number of amides is 1. The first-order chi connectivity index (χ1) is 12.6. The molecule has 2 aromatic rings. The smallest absolute Gasteiger partial charge is 0.271 e. The summed E-state index contributed by atoms with van der Waals surface area (Å²) in [7, 11) is -2.68. The van der Waals surface area contributed by atoms with Gasteiger partial charge in [-0.25, -0.2) is 8.42 Å². The van der Waals surface area contributed by atoms with Crippen molar-refractivity contribution in [3.8, 4) is 5.75 Å². The predicted molar refractivity (Wildman–Crippen MR) is 99.2 cm³/mol. The molecule has 0 spiro atoms. The summed E-state index contributed by atoms with van der Waals surface area (Å²) in [6, 6.07) is 8.89. The van der Waals surface area contributed by atoms with E-state index in [9.17, 15) is 23.3 Å². The molecule has 1 atom stereocenters. The van der Waals surface area contributed by atoms with E-state index in [1.165, 1.54) is 50.4 Å². The maximum Gasteiger partial charge on any atom is 0.271 e. The minimum Gasteiger partial charge on any atom is -0.495 e. The van der Waals surface area contributed by atoms with Crippen molar-refractivity contribution in [1.29, 1.82) is 0 Å². The molecular formula is C17H19N3O6S. The van der Waals surface area contributed by atoms with Crippen molar-refractivity contribution in [3.63, 3.8) is 0 Å². The predicted octanol–water partition coefficient (Wildman–Crippen LogP) is 2.22. The van der Waals surface area contributed by atoms with E-state index in [4.69, 9.17) is 4.74 Å². The van der Waals surface area contributed by atoms with Crippen molar-refractivity contribution in [2.45, 2.75) is 24.8 Å². The third-order valence-electron chi connectivity index (χ3n) is 3.66. The number of benzene rings is 2. The molecule has 1 unspecified atom stereocenters. The number of hydrogen-bond donors (Lipinski definition) is 2. The van der Waals surface area contributed by atoms with Crippen LogP contribution in [-0.4, -0.2) is 32.4 Å². The topological polar surface area (TPSA) is 128 Å². The maximum absolute atomic E-state index is 12.6. The van der Waals surface area contributed by atoms with E-state index in [0.717, 1.165) is 0 Å². The first kappa shape index (κ1) is 20.3. The lowest BCUT2D eigenvalue weighted by Gasteiger charge is -2.16. The molecule has 0 saturated carbocycles. The highest BCUT2D eigenvalue weighted by atomic mass is 32.2. The van der Waals surface area contributed by atoms with Crippen LogP contribution in [0, 0.1) is 17.0 Å². The zero-order chi connectivity index (χ0) is 20.2. The maximum atomic E-state index is 12.6. The Hall–Kier alpha value is -2.98. The van der Waals surface area contributed by atoms with Gasteiger partial charge in [-0.1, -0.05) is 12.1 Å². The number of carbonyl (C=O) groups excluding carboxylic acids is 1. The molecule has 0 bridgehead atoms. The Labute approximate surface area is 156 Å². The normalized spacial score (nSPS) is 12.3. The number of ether oxygens (including phenoxy) is 1. The first-order valence-electron chi connectivity index (χ1n) is 7.86. The molecule has 2 rings (SSSR count). The number of rotatable bonds is 7. The van der Waals surface area contributed by atoms with Crippen LogP contribution >= 0.6 is 0 Å². The van der Waals surface area contributed by atoms with E-state index < -0.39 is 26.9 Å². The summed E-state index contributed by atoms with van der Waals surface area (Å²) in [5.41, 5.74) is 0.712. The van der Waals surface area contributed by atoms with E-state index >= 15 is 0 Å². The molecular weight excluding hydrogens is 374 g/mol. The van der Waals surface area contributed by atoms with Crippen LogP contribution in [0.2, 0.25) is 0 Å². The summed E-state index contributed by atoms with van der Waals surface area (Å²) in [6.45, 7) is 3.10. The highest BCUT2D eigenvalue weighted by molar-refractivity contribution is 7.89. The van der Waals surface area contributed by atoms with E-state index in [2.05, 4.69) is 10.0 Å². The standard InChI is InChI=1S/C17H19N3O6S/c1-11-7-8-15(26-3)16(9-11)27(24,25)19-12(2)17(21)18-13-5-4-6-14(10-13)20(22)23/h4-10,12,19H,1-3H3,(H,18,21). The number of methoxy groups -OCH3 is 1. The number of hydrogen-bond acceptors (Lipinski definition) is 6. The molecule has 9 nitrogen and oxygen atoms in total. The largest absolute Gasteiger partial charge is 0.495 e. The minimum atomic E-state index is -4.03. The molecule has 2 N–H and O–H groups in total. The molecule has 1 amide bonds. The molecule has 0 aliphatic heterocycles. The Bertz CT molecular complexity index is 974. The average Bonchev–Trinajstić information content (AvgIpc) is 2.61. The van der Waals surface area contributed by atoms with Crippen molar-refractivity contribution in [2.24, 2.45) is 0 Å². The molecule has 0 saturated heterocycles. The number of nitrogens with zero attached hydrogens (tertiary/aromatic N) is 1. The molecule has 0 fully saturated rings. The van der Waals surface area contributed by atoms with Gasteiger partial charge in [-0.2, -0.15) is 4.72 Å². The zero-order valence-electron chi connectivity index (χ0n) is 14.9. The summed E-state index contributed by atoms with van der Waals surface area (Å²) in [5.74, 6) is -0.509. The lowest BCUT2D eigenvalue weighted by Crippen LogP contribution is -2.41. The number of nitro benzene ring substituents is 1. The van der Waals surface area contributed by atoms with Crippen LogP contribution in [0.5, 0.6) is 5.75 Å². The monoisotopic (exact) mass is 393 g/mol. The van der Waals surface area contributed by atoms with Gasteiger partial charge >= 0.3 is 0 Å². The summed E-state index contributed by atoms with van der Waals surface area (Å²) in [5, 5.41) is 13.2. The first-order valence-corrected chi connectivity index (χ1v) is 9.34. The van der Waals surface area contributed by atoms with Crippen LogP contribution in [0.3, 0.4) is 0 Å². The van der Waals surface area contributed by atoms with Crippen molar-refractivity contribution in [2.75, 3.05) is 12.4 Å². The fourth-order valence-electron chi connectivity index (χ4n) is 2.29. The van der Waals surface area contributed by atoms with E-state index in [1.54, 1.807) is 13.0 Å². The Kier molecular flexibility index (Phi) is 6.13. The van der Waals surface area contributed by atoms with Gasteiger partial charge in [0.2, 0.25) is 15.9 Å².